The zero-order valence-corrected chi connectivity index (χ0v) is 14.0. The molecule has 7 rings (SSSR count). The molecule has 2 bridgehead atoms. The second-order valence-electron chi connectivity index (χ2n) is 7.71. The van der Waals surface area contributed by atoms with Gasteiger partial charge in [0.25, 0.3) is 0 Å². The van der Waals surface area contributed by atoms with Gasteiger partial charge in [-0.25, -0.2) is 4.98 Å². The first-order valence-corrected chi connectivity index (χ1v) is 9.22. The average molecular weight is 343 g/mol. The van der Waals surface area contributed by atoms with Crippen molar-refractivity contribution < 1.29 is 4.74 Å². The van der Waals surface area contributed by atoms with Gasteiger partial charge in [0.2, 0.25) is 0 Å². The van der Waals surface area contributed by atoms with E-state index in [0.717, 1.165) is 29.7 Å². The Balaban J connectivity index is 1.47. The number of nitrogen functional groups attached to an aromatic ring is 1. The molecule has 2 aliphatic heterocycles. The van der Waals surface area contributed by atoms with Crippen molar-refractivity contribution in [2.45, 2.75) is 43.2 Å². The lowest BCUT2D eigenvalue weighted by molar-refractivity contribution is 0.173. The summed E-state index contributed by atoms with van der Waals surface area (Å²) >= 11 is 6.16. The second-order valence-corrected chi connectivity index (χ2v) is 8.12. The van der Waals surface area contributed by atoms with Crippen LogP contribution in [0.4, 0.5) is 5.82 Å². The van der Waals surface area contributed by atoms with Gasteiger partial charge in [0.15, 0.2) is 0 Å². The molecule has 0 aromatic carbocycles. The number of nitrogens with two attached hydrogens (primary N) is 1. The molecule has 0 radical (unpaired) electrons. The molecule has 5 fully saturated rings. The van der Waals surface area contributed by atoms with Gasteiger partial charge < -0.3 is 10.5 Å². The van der Waals surface area contributed by atoms with Gasteiger partial charge in [0.1, 0.15) is 5.82 Å². The lowest BCUT2D eigenvalue weighted by Gasteiger charge is -2.16. The summed E-state index contributed by atoms with van der Waals surface area (Å²) in [5.74, 6) is 1.83. The maximum absolute atomic E-state index is 6.16. The van der Waals surface area contributed by atoms with E-state index in [4.69, 9.17) is 27.2 Å². The normalized spacial score (nSPS) is 36.1. The first-order valence-electron chi connectivity index (χ1n) is 8.84. The summed E-state index contributed by atoms with van der Waals surface area (Å²) in [6.45, 7) is 0.926. The van der Waals surface area contributed by atoms with E-state index in [-0.39, 0.29) is 5.41 Å². The topological polar surface area (TPSA) is 66.0 Å². The molecule has 124 valence electrons. The van der Waals surface area contributed by atoms with Gasteiger partial charge in [0, 0.05) is 34.7 Å². The third-order valence-corrected chi connectivity index (χ3v) is 6.95. The molecule has 6 heteroatoms. The van der Waals surface area contributed by atoms with E-state index in [0.29, 0.717) is 23.0 Å². The van der Waals surface area contributed by atoms with Crippen LogP contribution in [0.15, 0.2) is 18.3 Å². The lowest BCUT2D eigenvalue weighted by atomic mass is 10.0. The van der Waals surface area contributed by atoms with Crippen LogP contribution in [0.1, 0.15) is 37.4 Å². The van der Waals surface area contributed by atoms with Gasteiger partial charge in [-0.15, -0.1) is 0 Å². The van der Waals surface area contributed by atoms with E-state index in [1.165, 1.54) is 31.4 Å². The number of hydrogen-bond acceptors (Lipinski definition) is 4. The van der Waals surface area contributed by atoms with Crippen LogP contribution in [0.2, 0.25) is 5.02 Å². The van der Waals surface area contributed by atoms with E-state index in [9.17, 15) is 0 Å². The predicted molar refractivity (Wildman–Crippen MR) is 90.8 cm³/mol. The van der Waals surface area contributed by atoms with E-state index in [1.54, 1.807) is 6.20 Å². The van der Waals surface area contributed by atoms with Crippen molar-refractivity contribution in [2.24, 2.45) is 11.8 Å². The Kier molecular flexibility index (Phi) is 2.46. The average Bonchev–Trinajstić information content (AvgIpc) is 3.14. The van der Waals surface area contributed by atoms with E-state index in [1.807, 2.05) is 6.07 Å². The number of nitrogens with zero attached hydrogens (tertiary/aromatic N) is 3. The summed E-state index contributed by atoms with van der Waals surface area (Å²) in [6.07, 6.45) is 7.27. The number of ether oxygens (including phenoxy) is 1. The van der Waals surface area contributed by atoms with Crippen molar-refractivity contribution >= 4 is 17.4 Å². The van der Waals surface area contributed by atoms with Crippen LogP contribution < -0.4 is 5.73 Å². The van der Waals surface area contributed by atoms with Crippen molar-refractivity contribution in [3.8, 4) is 11.3 Å². The van der Waals surface area contributed by atoms with Crippen LogP contribution in [0.25, 0.3) is 11.3 Å². The summed E-state index contributed by atoms with van der Waals surface area (Å²) in [4.78, 5) is 4.19. The number of rotatable bonds is 3. The molecule has 2 saturated heterocycles. The number of aromatic nitrogens is 3. The second kappa shape index (κ2) is 4.33. The SMILES string of the molecule is Nc1ncc(-c2cc([C@]34C5OC[C@@H]3[C@H]54)n(C3CCCC3)n2)cc1Cl. The number of pyridine rings is 1. The lowest BCUT2D eigenvalue weighted by Crippen LogP contribution is -2.18. The van der Waals surface area contributed by atoms with Crippen molar-refractivity contribution in [1.82, 2.24) is 14.8 Å². The van der Waals surface area contributed by atoms with Crippen LogP contribution in [0.3, 0.4) is 0 Å². The van der Waals surface area contributed by atoms with Crippen LogP contribution in [0, 0.1) is 11.8 Å². The molecule has 3 aliphatic carbocycles. The molecular formula is C18H19ClN4O. The molecule has 24 heavy (non-hydrogen) atoms. The Bertz CT molecular complexity index is 835. The molecule has 5 aliphatic rings. The molecular weight excluding hydrogens is 324 g/mol. The highest BCUT2D eigenvalue weighted by atomic mass is 35.5. The monoisotopic (exact) mass is 342 g/mol. The summed E-state index contributed by atoms with van der Waals surface area (Å²) in [6, 6.07) is 4.65. The standard InChI is InChI=1S/C18H19ClN4O/c19-12-5-9(7-21-17(12)20)13-6-14(18-11-8-24-16(18)15(11)18)23(22-13)10-3-1-2-4-10/h5-7,10-11,15-16H,1-4,8H2,(H2,20,21)/t11-,15-,16?,18-/m1/s1. The highest BCUT2D eigenvalue weighted by molar-refractivity contribution is 6.33. The molecule has 2 aromatic heterocycles. The zero-order chi connectivity index (χ0) is 16.1. The predicted octanol–water partition coefficient (Wildman–Crippen LogP) is 3.19. The van der Waals surface area contributed by atoms with Gasteiger partial charge in [-0.2, -0.15) is 5.10 Å². The highest BCUT2D eigenvalue weighted by Gasteiger charge is 2.93. The smallest absolute Gasteiger partial charge is 0.142 e. The van der Waals surface area contributed by atoms with Gasteiger partial charge in [-0.3, -0.25) is 4.68 Å². The molecule has 1 unspecified atom stereocenters. The minimum absolute atomic E-state index is 0.277. The molecule has 2 aromatic rings. The minimum Gasteiger partial charge on any atom is -0.382 e. The van der Waals surface area contributed by atoms with Crippen molar-refractivity contribution in [3.63, 3.8) is 0 Å². The maximum Gasteiger partial charge on any atom is 0.142 e. The Morgan fingerprint density at radius 3 is 2.79 bits per heavy atom. The van der Waals surface area contributed by atoms with E-state index < -0.39 is 0 Å². The summed E-state index contributed by atoms with van der Waals surface area (Å²) in [5, 5.41) is 5.47. The first kappa shape index (κ1) is 13.7. The van der Waals surface area contributed by atoms with Gasteiger partial charge in [0.05, 0.1) is 29.5 Å². The maximum atomic E-state index is 6.16. The van der Waals surface area contributed by atoms with Gasteiger partial charge >= 0.3 is 0 Å². The largest absolute Gasteiger partial charge is 0.382 e. The fourth-order valence-corrected chi connectivity index (χ4v) is 5.45. The number of hydrogen-bond donors (Lipinski definition) is 1. The molecule has 3 saturated carbocycles. The molecule has 4 heterocycles. The third-order valence-electron chi connectivity index (χ3n) is 6.65. The third kappa shape index (κ3) is 1.51. The van der Waals surface area contributed by atoms with E-state index >= 15 is 0 Å². The summed E-state index contributed by atoms with van der Waals surface area (Å²) in [7, 11) is 0. The quantitative estimate of drug-likeness (QED) is 0.930. The van der Waals surface area contributed by atoms with Crippen LogP contribution >= 0.6 is 11.6 Å². The van der Waals surface area contributed by atoms with Crippen molar-refractivity contribution in [1.29, 1.82) is 0 Å². The first-order chi connectivity index (χ1) is 11.7. The Labute approximate surface area is 145 Å². The van der Waals surface area contributed by atoms with Gasteiger partial charge in [-0.1, -0.05) is 24.4 Å². The molecule has 0 spiro atoms. The molecule has 0 amide bonds. The Hall–Kier alpha value is -1.59. The fourth-order valence-electron chi connectivity index (χ4n) is 5.29. The summed E-state index contributed by atoms with van der Waals surface area (Å²) in [5.41, 5.74) is 9.30. The minimum atomic E-state index is 0.277. The molecule has 2 N–H and O–H groups in total. The van der Waals surface area contributed by atoms with Crippen molar-refractivity contribution in [2.75, 3.05) is 12.3 Å². The Morgan fingerprint density at radius 2 is 2.12 bits per heavy atom. The molecule has 4 atom stereocenters. The number of anilines is 1. The number of fused-ring (bicyclic) bond motifs is 1. The van der Waals surface area contributed by atoms with E-state index in [2.05, 4.69) is 15.7 Å². The molecule has 5 nitrogen and oxygen atoms in total. The van der Waals surface area contributed by atoms with Crippen molar-refractivity contribution in [3.05, 3.63) is 29.0 Å². The van der Waals surface area contributed by atoms with Gasteiger partial charge in [-0.05, 0) is 25.0 Å². The summed E-state index contributed by atoms with van der Waals surface area (Å²) < 4.78 is 8.21. The zero-order valence-electron chi connectivity index (χ0n) is 13.3. The fraction of sp³-hybridized carbons (Fsp3) is 0.556. The highest BCUT2D eigenvalue weighted by Crippen LogP contribution is 2.85. The Morgan fingerprint density at radius 1 is 1.29 bits per heavy atom. The van der Waals surface area contributed by atoms with Crippen LogP contribution in [-0.2, 0) is 10.2 Å². The van der Waals surface area contributed by atoms with Crippen LogP contribution in [-0.4, -0.2) is 27.5 Å². The van der Waals surface area contributed by atoms with Crippen LogP contribution in [0.5, 0.6) is 0 Å². The number of halogens is 1.